The number of para-hydroxylation sites is 2. The van der Waals surface area contributed by atoms with Crippen LogP contribution in [0.1, 0.15) is 35.7 Å². The van der Waals surface area contributed by atoms with Crippen molar-refractivity contribution in [2.45, 2.75) is 19.8 Å². The lowest BCUT2D eigenvalue weighted by atomic mass is 10.0. The van der Waals surface area contributed by atoms with Gasteiger partial charge in [0.2, 0.25) is 0 Å². The molecule has 2 aromatic carbocycles. The van der Waals surface area contributed by atoms with E-state index >= 15 is 0 Å². The molecule has 6 nitrogen and oxygen atoms in total. The van der Waals surface area contributed by atoms with Gasteiger partial charge < -0.3 is 15.7 Å². The molecular weight excluding hydrogens is 328 g/mol. The summed E-state index contributed by atoms with van der Waals surface area (Å²) in [5.74, 6) is 0.522. The predicted octanol–water partition coefficient (Wildman–Crippen LogP) is 4.79. The van der Waals surface area contributed by atoms with Gasteiger partial charge in [-0.1, -0.05) is 44.2 Å². The highest BCUT2D eigenvalue weighted by atomic mass is 16.4. The van der Waals surface area contributed by atoms with Gasteiger partial charge in [-0.2, -0.15) is 0 Å². The van der Waals surface area contributed by atoms with Crippen molar-refractivity contribution in [1.82, 2.24) is 9.97 Å². The van der Waals surface area contributed by atoms with Crippen molar-refractivity contribution in [2.75, 3.05) is 10.6 Å². The summed E-state index contributed by atoms with van der Waals surface area (Å²) in [6.45, 7) is 4.27. The van der Waals surface area contributed by atoms with Gasteiger partial charge in [0.1, 0.15) is 18.0 Å². The molecule has 132 valence electrons. The van der Waals surface area contributed by atoms with Gasteiger partial charge in [-0.3, -0.25) is 0 Å². The molecule has 0 spiro atoms. The SMILES string of the molecule is CC(C)c1ccccc1Nc1cc(Nc2ccccc2C(=O)O)ncn1. The maximum Gasteiger partial charge on any atom is 0.337 e. The molecule has 0 fully saturated rings. The van der Waals surface area contributed by atoms with E-state index in [-0.39, 0.29) is 5.56 Å². The molecule has 0 bridgehead atoms. The Bertz CT molecular complexity index is 925. The molecular formula is C20H20N4O2. The Hall–Kier alpha value is -3.41. The molecule has 0 aliphatic carbocycles. The second-order valence-electron chi connectivity index (χ2n) is 6.13. The smallest absolute Gasteiger partial charge is 0.337 e. The van der Waals surface area contributed by atoms with Gasteiger partial charge in [0.05, 0.1) is 11.3 Å². The van der Waals surface area contributed by atoms with Gasteiger partial charge in [-0.25, -0.2) is 14.8 Å². The van der Waals surface area contributed by atoms with Crippen molar-refractivity contribution < 1.29 is 9.90 Å². The number of carboxylic acid groups (broad SMARTS) is 1. The lowest BCUT2D eigenvalue weighted by molar-refractivity contribution is 0.0698. The molecule has 3 rings (SSSR count). The van der Waals surface area contributed by atoms with Gasteiger partial charge in [0.25, 0.3) is 0 Å². The van der Waals surface area contributed by atoms with E-state index < -0.39 is 5.97 Å². The molecule has 0 amide bonds. The molecule has 1 heterocycles. The van der Waals surface area contributed by atoms with E-state index in [0.717, 1.165) is 5.69 Å². The summed E-state index contributed by atoms with van der Waals surface area (Å²) in [4.78, 5) is 19.8. The van der Waals surface area contributed by atoms with E-state index in [9.17, 15) is 9.90 Å². The monoisotopic (exact) mass is 348 g/mol. The molecule has 1 aromatic heterocycles. The van der Waals surface area contributed by atoms with Crippen LogP contribution in [0.5, 0.6) is 0 Å². The highest BCUT2D eigenvalue weighted by molar-refractivity contribution is 5.95. The number of aromatic nitrogens is 2. The molecule has 0 aliphatic heterocycles. The maximum absolute atomic E-state index is 11.3. The summed E-state index contributed by atoms with van der Waals surface area (Å²) < 4.78 is 0. The Kier molecular flexibility index (Phi) is 5.12. The first-order chi connectivity index (χ1) is 12.5. The molecule has 0 unspecified atom stereocenters. The summed E-state index contributed by atoms with van der Waals surface area (Å²) in [5.41, 5.74) is 2.84. The molecule has 6 heteroatoms. The average Bonchev–Trinajstić information content (AvgIpc) is 2.62. The number of carbonyl (C=O) groups is 1. The van der Waals surface area contributed by atoms with Crippen molar-refractivity contribution in [1.29, 1.82) is 0 Å². The van der Waals surface area contributed by atoms with Crippen LogP contribution >= 0.6 is 0 Å². The number of hydrogen-bond acceptors (Lipinski definition) is 5. The highest BCUT2D eigenvalue weighted by Gasteiger charge is 2.11. The topological polar surface area (TPSA) is 87.1 Å². The first-order valence-electron chi connectivity index (χ1n) is 8.32. The molecule has 0 radical (unpaired) electrons. The standard InChI is InChI=1S/C20H20N4O2/c1-13(2)14-7-3-5-9-16(14)23-18-11-19(22-12-21-18)24-17-10-6-4-8-15(17)20(25)26/h3-13H,1-2H3,(H,25,26)(H2,21,22,23,24). The van der Waals surface area contributed by atoms with Crippen LogP contribution < -0.4 is 10.6 Å². The first-order valence-corrected chi connectivity index (χ1v) is 8.32. The van der Waals surface area contributed by atoms with Gasteiger partial charge in [0.15, 0.2) is 0 Å². The number of hydrogen-bond donors (Lipinski definition) is 3. The normalized spacial score (nSPS) is 10.6. The zero-order chi connectivity index (χ0) is 18.5. The molecule has 0 saturated carbocycles. The molecule has 0 saturated heterocycles. The number of nitrogens with zero attached hydrogens (tertiary/aromatic N) is 2. The summed E-state index contributed by atoms with van der Waals surface area (Å²) >= 11 is 0. The van der Waals surface area contributed by atoms with Crippen molar-refractivity contribution in [3.8, 4) is 0 Å². The van der Waals surface area contributed by atoms with Crippen LogP contribution in [-0.4, -0.2) is 21.0 Å². The summed E-state index contributed by atoms with van der Waals surface area (Å²) in [6, 6.07) is 16.5. The third-order valence-electron chi connectivity index (χ3n) is 3.93. The molecule has 3 N–H and O–H groups in total. The summed E-state index contributed by atoms with van der Waals surface area (Å²) in [6.07, 6.45) is 1.44. The minimum atomic E-state index is -0.994. The van der Waals surface area contributed by atoms with Crippen LogP contribution in [-0.2, 0) is 0 Å². The van der Waals surface area contributed by atoms with Crippen LogP contribution in [0.3, 0.4) is 0 Å². The minimum Gasteiger partial charge on any atom is -0.478 e. The molecule has 0 aliphatic rings. The van der Waals surface area contributed by atoms with Gasteiger partial charge in [-0.15, -0.1) is 0 Å². The average molecular weight is 348 g/mol. The van der Waals surface area contributed by atoms with Crippen molar-refractivity contribution in [3.63, 3.8) is 0 Å². The van der Waals surface area contributed by atoms with E-state index in [4.69, 9.17) is 0 Å². The first kappa shape index (κ1) is 17.4. The Labute approximate surface area is 152 Å². The van der Waals surface area contributed by atoms with Crippen molar-refractivity contribution in [2.24, 2.45) is 0 Å². The lowest BCUT2D eigenvalue weighted by Crippen LogP contribution is -2.04. The maximum atomic E-state index is 11.3. The number of aromatic carboxylic acids is 1. The van der Waals surface area contributed by atoms with E-state index in [0.29, 0.717) is 23.2 Å². The molecule has 0 atom stereocenters. The zero-order valence-corrected chi connectivity index (χ0v) is 14.6. The van der Waals surface area contributed by atoms with Crippen molar-refractivity contribution >= 4 is 29.0 Å². The van der Waals surface area contributed by atoms with Crippen LogP contribution in [0.4, 0.5) is 23.0 Å². The third kappa shape index (κ3) is 3.97. The number of carboxylic acids is 1. The largest absolute Gasteiger partial charge is 0.478 e. The summed E-state index contributed by atoms with van der Waals surface area (Å²) in [5, 5.41) is 15.6. The second-order valence-corrected chi connectivity index (χ2v) is 6.13. The zero-order valence-electron chi connectivity index (χ0n) is 14.6. The molecule has 26 heavy (non-hydrogen) atoms. The number of anilines is 4. The second kappa shape index (κ2) is 7.65. The van der Waals surface area contributed by atoms with E-state index in [2.05, 4.69) is 40.5 Å². The fraction of sp³-hybridized carbons (Fsp3) is 0.150. The van der Waals surface area contributed by atoms with E-state index in [1.165, 1.54) is 11.9 Å². The molecule has 3 aromatic rings. The lowest BCUT2D eigenvalue weighted by Gasteiger charge is -2.14. The Morgan fingerprint density at radius 1 is 0.923 bits per heavy atom. The van der Waals surface area contributed by atoms with Crippen LogP contribution in [0.2, 0.25) is 0 Å². The predicted molar refractivity (Wildman–Crippen MR) is 103 cm³/mol. The Morgan fingerprint density at radius 2 is 1.50 bits per heavy atom. The van der Waals surface area contributed by atoms with Crippen molar-refractivity contribution in [3.05, 3.63) is 72.1 Å². The van der Waals surface area contributed by atoms with Crippen LogP contribution in [0.15, 0.2) is 60.9 Å². The minimum absolute atomic E-state index is 0.186. The summed E-state index contributed by atoms with van der Waals surface area (Å²) in [7, 11) is 0. The van der Waals surface area contributed by atoms with Crippen LogP contribution in [0, 0.1) is 0 Å². The van der Waals surface area contributed by atoms with Gasteiger partial charge >= 0.3 is 5.97 Å². The van der Waals surface area contributed by atoms with Gasteiger partial charge in [0, 0.05) is 11.8 Å². The number of nitrogens with one attached hydrogen (secondary N) is 2. The van der Waals surface area contributed by atoms with E-state index in [1.54, 1.807) is 30.3 Å². The fourth-order valence-electron chi connectivity index (χ4n) is 2.66. The number of benzene rings is 2. The van der Waals surface area contributed by atoms with E-state index in [1.807, 2.05) is 18.2 Å². The van der Waals surface area contributed by atoms with Gasteiger partial charge in [-0.05, 0) is 29.7 Å². The quantitative estimate of drug-likeness (QED) is 0.594. The Balaban J connectivity index is 1.85. The van der Waals surface area contributed by atoms with Crippen LogP contribution in [0.25, 0.3) is 0 Å². The third-order valence-corrected chi connectivity index (χ3v) is 3.93. The number of rotatable bonds is 6. The Morgan fingerprint density at radius 3 is 2.15 bits per heavy atom. The fourth-order valence-corrected chi connectivity index (χ4v) is 2.66. The highest BCUT2D eigenvalue weighted by Crippen LogP contribution is 2.27.